The minimum Gasteiger partial charge on any atom is -0.466 e. The van der Waals surface area contributed by atoms with Crippen LogP contribution in [0.1, 0.15) is 95.2 Å². The first-order valence-corrected chi connectivity index (χ1v) is 17.9. The van der Waals surface area contributed by atoms with Crippen molar-refractivity contribution in [2.75, 3.05) is 11.5 Å². The number of aromatic nitrogens is 4. The molecule has 2 aliphatic rings. The van der Waals surface area contributed by atoms with Gasteiger partial charge in [0.15, 0.2) is 0 Å². The van der Waals surface area contributed by atoms with E-state index in [2.05, 4.69) is 15.1 Å². The number of benzene rings is 1. The molecule has 1 amide bonds. The smallest absolute Gasteiger partial charge is 0.416 e. The average molecular weight is 737 g/mol. The Hall–Kier alpha value is -4.17. The predicted molar refractivity (Wildman–Crippen MR) is 182 cm³/mol. The zero-order valence-corrected chi connectivity index (χ0v) is 29.9. The fraction of sp³-hybridized carbons (Fsp3) is 0.595. The van der Waals surface area contributed by atoms with Gasteiger partial charge in [0.2, 0.25) is 11.9 Å². The summed E-state index contributed by atoms with van der Waals surface area (Å²) in [4.78, 5) is 39.0. The number of hydrogen-bond acceptors (Lipinski definition) is 7. The number of amides is 1. The summed E-state index contributed by atoms with van der Waals surface area (Å²) < 4.78 is 89.9. The van der Waals surface area contributed by atoms with Gasteiger partial charge in [-0.25, -0.2) is 9.97 Å². The summed E-state index contributed by atoms with van der Waals surface area (Å²) in [5.74, 6) is -0.0273. The van der Waals surface area contributed by atoms with Gasteiger partial charge in [0.1, 0.15) is 0 Å². The number of likely N-dealkylation sites (tertiary alicyclic amines) is 1. The van der Waals surface area contributed by atoms with Gasteiger partial charge >= 0.3 is 18.3 Å². The van der Waals surface area contributed by atoms with Crippen LogP contribution in [-0.2, 0) is 40.3 Å². The van der Waals surface area contributed by atoms with Crippen molar-refractivity contribution in [3.05, 3.63) is 59.7 Å². The maximum atomic E-state index is 14.2. The third kappa shape index (κ3) is 9.24. The van der Waals surface area contributed by atoms with Crippen molar-refractivity contribution < 1.29 is 40.7 Å². The topological polar surface area (TPSA) is 93.5 Å². The number of rotatable bonds is 11. The second-order valence-electron chi connectivity index (χ2n) is 13.9. The van der Waals surface area contributed by atoms with E-state index in [1.807, 2.05) is 18.7 Å². The number of carbonyl (C=O) groups is 2. The number of alkyl halides is 6. The van der Waals surface area contributed by atoms with E-state index in [0.29, 0.717) is 57.1 Å². The highest BCUT2D eigenvalue weighted by molar-refractivity contribution is 5.80. The second-order valence-corrected chi connectivity index (χ2v) is 13.9. The van der Waals surface area contributed by atoms with Gasteiger partial charge in [-0.1, -0.05) is 13.8 Å². The number of esters is 1. The second kappa shape index (κ2) is 16.2. The lowest BCUT2D eigenvalue weighted by Crippen LogP contribution is -2.58. The SMILES string of the molecule is CCOC(=O)CC1CCC(C(=O)N2[C@H](CC)CC(N(Cc3cc(C(F)(F)F)cc(C(F)(F)F)c3)c3ncc(-c4cnn(C)c4)cn3)C[C@@H]2CC)CC1. The van der Waals surface area contributed by atoms with Crippen molar-refractivity contribution >= 4 is 17.8 Å². The number of nitrogens with zero attached hydrogens (tertiary/aromatic N) is 6. The fourth-order valence-corrected chi connectivity index (χ4v) is 7.73. The summed E-state index contributed by atoms with van der Waals surface area (Å²) in [6, 6.07) is 0.778. The molecule has 0 bridgehead atoms. The minimum absolute atomic E-state index is 0.0584. The highest BCUT2D eigenvalue weighted by atomic mass is 19.4. The standard InChI is InChI=1S/C37H46F6N6O3/c1-5-30-16-32(17-31(6-2)49(30)34(51)25-10-8-23(9-11-25)14-33(50)52-7-3)48(35-44-18-26(19-45-35)27-20-46-47(4)22-27)21-24-12-28(36(38,39)40)15-29(13-24)37(41,42)43/h12-13,15,18-20,22-23,25,30-32H,5-11,14,16-17,21H2,1-4H3/t23?,25?,30-,31+,32?. The van der Waals surface area contributed by atoms with E-state index in [1.165, 1.54) is 0 Å². The molecule has 1 aliphatic carbocycles. The third-order valence-corrected chi connectivity index (χ3v) is 10.4. The van der Waals surface area contributed by atoms with Gasteiger partial charge in [-0.05, 0) is 88.0 Å². The molecule has 9 nitrogen and oxygen atoms in total. The first-order valence-electron chi connectivity index (χ1n) is 17.9. The number of ether oxygens (including phenoxy) is 1. The summed E-state index contributed by atoms with van der Waals surface area (Å²) in [5, 5.41) is 4.16. The monoisotopic (exact) mass is 736 g/mol. The number of hydrogen-bond donors (Lipinski definition) is 0. The Kier molecular flexibility index (Phi) is 12.2. The average Bonchev–Trinajstić information content (AvgIpc) is 3.55. The lowest BCUT2D eigenvalue weighted by atomic mass is 9.78. The zero-order chi connectivity index (χ0) is 37.8. The molecule has 0 spiro atoms. The molecule has 0 N–H and O–H groups in total. The molecule has 3 aromatic rings. The maximum Gasteiger partial charge on any atom is 0.416 e. The highest BCUT2D eigenvalue weighted by Gasteiger charge is 2.43. The van der Waals surface area contributed by atoms with Crippen molar-refractivity contribution in [3.63, 3.8) is 0 Å². The number of carbonyl (C=O) groups excluding carboxylic acids is 2. The molecule has 1 saturated carbocycles. The van der Waals surface area contributed by atoms with E-state index in [9.17, 15) is 35.9 Å². The Bertz CT molecular complexity index is 1620. The molecule has 1 unspecified atom stereocenters. The number of halogens is 6. The summed E-state index contributed by atoms with van der Waals surface area (Å²) in [7, 11) is 1.76. The molecule has 0 radical (unpaired) electrons. The van der Waals surface area contributed by atoms with Crippen LogP contribution < -0.4 is 4.90 Å². The highest BCUT2D eigenvalue weighted by Crippen LogP contribution is 2.40. The quantitative estimate of drug-likeness (QED) is 0.145. The van der Waals surface area contributed by atoms with Crippen molar-refractivity contribution in [2.45, 2.75) is 116 Å². The minimum atomic E-state index is -4.99. The molecular formula is C37H46F6N6O3. The maximum absolute atomic E-state index is 14.2. The number of aryl methyl sites for hydroxylation is 1. The largest absolute Gasteiger partial charge is 0.466 e. The predicted octanol–water partition coefficient (Wildman–Crippen LogP) is 8.23. The summed E-state index contributed by atoms with van der Waals surface area (Å²) in [6.45, 7) is 5.74. The van der Waals surface area contributed by atoms with Gasteiger partial charge in [0.05, 0.1) is 23.9 Å². The Morgan fingerprint density at radius 3 is 1.90 bits per heavy atom. The molecule has 2 aromatic heterocycles. The molecular weight excluding hydrogens is 690 g/mol. The van der Waals surface area contributed by atoms with Crippen molar-refractivity contribution in [1.82, 2.24) is 24.6 Å². The molecule has 1 aromatic carbocycles. The lowest BCUT2D eigenvalue weighted by molar-refractivity contribution is -0.146. The Morgan fingerprint density at radius 1 is 0.846 bits per heavy atom. The van der Waals surface area contributed by atoms with Crippen LogP contribution in [0.15, 0.2) is 43.0 Å². The van der Waals surface area contributed by atoms with Gasteiger partial charge < -0.3 is 14.5 Å². The third-order valence-electron chi connectivity index (χ3n) is 10.4. The molecule has 284 valence electrons. The van der Waals surface area contributed by atoms with Crippen LogP contribution in [0.3, 0.4) is 0 Å². The fourth-order valence-electron chi connectivity index (χ4n) is 7.73. The van der Waals surface area contributed by atoms with E-state index >= 15 is 0 Å². The van der Waals surface area contributed by atoms with Gasteiger partial charge in [-0.15, -0.1) is 0 Å². The van der Waals surface area contributed by atoms with Gasteiger partial charge in [0.25, 0.3) is 0 Å². The first-order chi connectivity index (χ1) is 24.6. The number of anilines is 1. The lowest BCUT2D eigenvalue weighted by Gasteiger charge is -2.49. The van der Waals surface area contributed by atoms with Crippen LogP contribution in [-0.4, -0.2) is 61.3 Å². The molecule has 1 saturated heterocycles. The van der Waals surface area contributed by atoms with Crippen LogP contribution >= 0.6 is 0 Å². The van der Waals surface area contributed by atoms with E-state index in [1.54, 1.807) is 48.3 Å². The molecule has 52 heavy (non-hydrogen) atoms. The van der Waals surface area contributed by atoms with Crippen LogP contribution in [0, 0.1) is 11.8 Å². The van der Waals surface area contributed by atoms with Crippen molar-refractivity contribution in [2.24, 2.45) is 18.9 Å². The van der Waals surface area contributed by atoms with Gasteiger partial charge in [0, 0.05) is 73.8 Å². The normalized spacial score (nSPS) is 22.7. The van der Waals surface area contributed by atoms with E-state index in [-0.39, 0.29) is 59.9 Å². The summed E-state index contributed by atoms with van der Waals surface area (Å²) in [5.41, 5.74) is -1.57. The van der Waals surface area contributed by atoms with Crippen molar-refractivity contribution in [1.29, 1.82) is 0 Å². The summed E-state index contributed by atoms with van der Waals surface area (Å²) >= 11 is 0. The van der Waals surface area contributed by atoms with Crippen LogP contribution in [0.5, 0.6) is 0 Å². The van der Waals surface area contributed by atoms with Gasteiger partial charge in [-0.3, -0.25) is 14.3 Å². The van der Waals surface area contributed by atoms with E-state index < -0.39 is 29.5 Å². The molecule has 5 rings (SSSR count). The summed E-state index contributed by atoms with van der Waals surface area (Å²) in [6.07, 6.45) is 1.76. The Morgan fingerprint density at radius 2 is 1.42 bits per heavy atom. The molecule has 15 heteroatoms. The molecule has 3 atom stereocenters. The van der Waals surface area contributed by atoms with E-state index in [4.69, 9.17) is 4.74 Å². The van der Waals surface area contributed by atoms with Crippen molar-refractivity contribution in [3.8, 4) is 11.1 Å². The Labute approximate surface area is 299 Å². The van der Waals surface area contributed by atoms with Crippen LogP contribution in [0.4, 0.5) is 32.3 Å². The number of piperidine rings is 1. The van der Waals surface area contributed by atoms with Crippen LogP contribution in [0.25, 0.3) is 11.1 Å². The first kappa shape index (κ1) is 39.0. The molecule has 1 aliphatic heterocycles. The molecule has 2 fully saturated rings. The zero-order valence-electron chi connectivity index (χ0n) is 29.9. The van der Waals surface area contributed by atoms with E-state index in [0.717, 1.165) is 30.5 Å². The van der Waals surface area contributed by atoms with Gasteiger partial charge in [-0.2, -0.15) is 31.4 Å². The Balaban J connectivity index is 1.44. The molecule has 3 heterocycles. The van der Waals surface area contributed by atoms with Crippen LogP contribution in [0.2, 0.25) is 0 Å².